The first kappa shape index (κ1) is 26.6. The minimum Gasteiger partial charge on any atom is -0.348 e. The monoisotopic (exact) mass is 498 g/mol. The highest BCUT2D eigenvalue weighted by atomic mass is 16.2. The molecule has 2 amide bonds. The van der Waals surface area contributed by atoms with Crippen molar-refractivity contribution in [1.82, 2.24) is 10.2 Å². The average Bonchev–Trinajstić information content (AvgIpc) is 3.41. The van der Waals surface area contributed by atoms with Crippen LogP contribution in [0.15, 0.2) is 66.7 Å². The Balaban J connectivity index is 1.51. The number of rotatable bonds is 8. The number of hydrogen-bond donors (Lipinski definition) is 3. The van der Waals surface area contributed by atoms with Crippen LogP contribution in [0.4, 0.5) is 5.69 Å². The molecule has 0 aliphatic carbocycles. The molecule has 194 valence electrons. The molecule has 1 saturated heterocycles. The molecule has 37 heavy (non-hydrogen) atoms. The van der Waals surface area contributed by atoms with Crippen LogP contribution in [0.3, 0.4) is 0 Å². The SMILES string of the molecule is CC(C)(C)c1ccc(C(=O)Nc2cc(C(=O)NCc3ccc(CN)cc3)ccc2CN2CCCC2)cc1. The van der Waals surface area contributed by atoms with Crippen LogP contribution >= 0.6 is 0 Å². The van der Waals surface area contributed by atoms with Crippen LogP contribution in [0, 0.1) is 0 Å². The summed E-state index contributed by atoms with van der Waals surface area (Å²) in [6.45, 7) is 10.2. The molecule has 6 nitrogen and oxygen atoms in total. The molecule has 1 heterocycles. The van der Waals surface area contributed by atoms with E-state index in [2.05, 4.69) is 36.3 Å². The van der Waals surface area contributed by atoms with Crippen LogP contribution in [0.1, 0.15) is 76.6 Å². The molecule has 4 N–H and O–H groups in total. The predicted octanol–water partition coefficient (Wildman–Crippen LogP) is 5.22. The van der Waals surface area contributed by atoms with Gasteiger partial charge in [0, 0.05) is 36.4 Å². The van der Waals surface area contributed by atoms with Crippen molar-refractivity contribution in [2.45, 2.75) is 58.7 Å². The van der Waals surface area contributed by atoms with Crippen molar-refractivity contribution in [3.05, 3.63) is 100 Å². The van der Waals surface area contributed by atoms with Gasteiger partial charge in [-0.25, -0.2) is 0 Å². The summed E-state index contributed by atoms with van der Waals surface area (Å²) in [7, 11) is 0. The van der Waals surface area contributed by atoms with E-state index in [1.807, 2.05) is 60.7 Å². The topological polar surface area (TPSA) is 87.5 Å². The summed E-state index contributed by atoms with van der Waals surface area (Å²) in [5.74, 6) is -0.360. The summed E-state index contributed by atoms with van der Waals surface area (Å²) in [6, 6.07) is 21.2. The lowest BCUT2D eigenvalue weighted by Crippen LogP contribution is -2.24. The second-order valence-corrected chi connectivity index (χ2v) is 10.8. The first-order chi connectivity index (χ1) is 17.7. The van der Waals surface area contributed by atoms with E-state index < -0.39 is 0 Å². The Morgan fingerprint density at radius 2 is 1.46 bits per heavy atom. The third-order valence-electron chi connectivity index (χ3n) is 6.94. The fourth-order valence-electron chi connectivity index (χ4n) is 4.55. The van der Waals surface area contributed by atoms with Crippen molar-refractivity contribution in [3.8, 4) is 0 Å². The molecule has 0 aromatic heterocycles. The number of nitrogens with one attached hydrogen (secondary N) is 2. The van der Waals surface area contributed by atoms with E-state index in [9.17, 15) is 9.59 Å². The zero-order valence-corrected chi connectivity index (χ0v) is 22.1. The lowest BCUT2D eigenvalue weighted by molar-refractivity contribution is 0.0949. The van der Waals surface area contributed by atoms with E-state index in [1.54, 1.807) is 6.07 Å². The maximum Gasteiger partial charge on any atom is 0.255 e. The molecule has 1 aliphatic heterocycles. The van der Waals surface area contributed by atoms with Gasteiger partial charge in [-0.1, -0.05) is 63.2 Å². The number of benzene rings is 3. The van der Waals surface area contributed by atoms with Crippen molar-refractivity contribution < 1.29 is 9.59 Å². The van der Waals surface area contributed by atoms with E-state index in [0.29, 0.717) is 29.9 Å². The number of hydrogen-bond acceptors (Lipinski definition) is 4. The number of carbonyl (C=O) groups is 2. The predicted molar refractivity (Wildman–Crippen MR) is 150 cm³/mol. The molecule has 0 unspecified atom stereocenters. The molecule has 0 atom stereocenters. The van der Waals surface area contributed by atoms with E-state index in [1.165, 1.54) is 18.4 Å². The second-order valence-electron chi connectivity index (χ2n) is 10.8. The Morgan fingerprint density at radius 1 is 0.838 bits per heavy atom. The number of nitrogens with zero attached hydrogens (tertiary/aromatic N) is 1. The molecule has 0 spiro atoms. The Bertz CT molecular complexity index is 1220. The Hall–Kier alpha value is -3.48. The Kier molecular flexibility index (Phi) is 8.41. The zero-order valence-electron chi connectivity index (χ0n) is 22.1. The molecule has 0 bridgehead atoms. The largest absolute Gasteiger partial charge is 0.348 e. The summed E-state index contributed by atoms with van der Waals surface area (Å²) >= 11 is 0. The van der Waals surface area contributed by atoms with Crippen LogP contribution in [0.5, 0.6) is 0 Å². The molecule has 3 aromatic rings. The van der Waals surface area contributed by atoms with Crippen LogP contribution in [-0.4, -0.2) is 29.8 Å². The minimum atomic E-state index is -0.180. The summed E-state index contributed by atoms with van der Waals surface area (Å²) in [5, 5.41) is 6.07. The quantitative estimate of drug-likeness (QED) is 0.397. The van der Waals surface area contributed by atoms with Gasteiger partial charge in [-0.15, -0.1) is 0 Å². The molecule has 1 fully saturated rings. The first-order valence-electron chi connectivity index (χ1n) is 13.1. The molecule has 0 saturated carbocycles. The van der Waals surface area contributed by atoms with Gasteiger partial charge in [-0.3, -0.25) is 14.5 Å². The fraction of sp³-hybridized carbons (Fsp3) is 0.355. The number of anilines is 1. The standard InChI is InChI=1S/C31H38N4O2/c1-31(2,3)27-14-12-24(13-15-27)30(37)34-28-18-25(10-11-26(28)21-35-16-4-5-17-35)29(36)33-20-23-8-6-22(19-32)7-9-23/h6-15,18H,4-5,16-17,19-21,32H2,1-3H3,(H,33,36)(H,34,37). The van der Waals surface area contributed by atoms with Crippen LogP contribution in [0.2, 0.25) is 0 Å². The normalized spacial score (nSPS) is 13.9. The number of carbonyl (C=O) groups excluding carboxylic acids is 2. The van der Waals surface area contributed by atoms with Crippen LogP contribution in [0.25, 0.3) is 0 Å². The number of likely N-dealkylation sites (tertiary alicyclic amines) is 1. The molecule has 1 aliphatic rings. The zero-order chi connectivity index (χ0) is 26.4. The minimum absolute atomic E-state index is 0.0199. The molecule has 4 rings (SSSR count). The first-order valence-corrected chi connectivity index (χ1v) is 13.1. The van der Waals surface area contributed by atoms with E-state index in [0.717, 1.165) is 36.3 Å². The Labute approximate surface area is 220 Å². The van der Waals surface area contributed by atoms with E-state index >= 15 is 0 Å². The second kappa shape index (κ2) is 11.7. The molecule has 3 aromatic carbocycles. The van der Waals surface area contributed by atoms with Gasteiger partial charge in [0.05, 0.1) is 0 Å². The third kappa shape index (κ3) is 7.06. The highest BCUT2D eigenvalue weighted by Crippen LogP contribution is 2.25. The average molecular weight is 499 g/mol. The number of nitrogens with two attached hydrogens (primary N) is 1. The molecular weight excluding hydrogens is 460 g/mol. The van der Waals surface area contributed by atoms with E-state index in [-0.39, 0.29) is 17.2 Å². The van der Waals surface area contributed by atoms with Crippen molar-refractivity contribution in [1.29, 1.82) is 0 Å². The lowest BCUT2D eigenvalue weighted by atomic mass is 9.86. The number of amides is 2. The molecule has 6 heteroatoms. The lowest BCUT2D eigenvalue weighted by Gasteiger charge is -2.20. The van der Waals surface area contributed by atoms with E-state index in [4.69, 9.17) is 5.73 Å². The highest BCUT2D eigenvalue weighted by Gasteiger charge is 2.18. The highest BCUT2D eigenvalue weighted by molar-refractivity contribution is 6.05. The summed E-state index contributed by atoms with van der Waals surface area (Å²) in [5.41, 5.74) is 11.7. The van der Waals surface area contributed by atoms with Crippen molar-refractivity contribution >= 4 is 17.5 Å². The van der Waals surface area contributed by atoms with Gasteiger partial charge in [0.15, 0.2) is 0 Å². The van der Waals surface area contributed by atoms with Gasteiger partial charge in [0.25, 0.3) is 11.8 Å². The van der Waals surface area contributed by atoms with Crippen molar-refractivity contribution in [2.75, 3.05) is 18.4 Å². The van der Waals surface area contributed by atoms with Gasteiger partial charge in [-0.05, 0) is 77.9 Å². The van der Waals surface area contributed by atoms with Gasteiger partial charge < -0.3 is 16.4 Å². The summed E-state index contributed by atoms with van der Waals surface area (Å²) in [6.07, 6.45) is 2.38. The van der Waals surface area contributed by atoms with Crippen LogP contribution in [-0.2, 0) is 25.0 Å². The van der Waals surface area contributed by atoms with Crippen molar-refractivity contribution in [2.24, 2.45) is 5.73 Å². The van der Waals surface area contributed by atoms with Gasteiger partial charge >= 0.3 is 0 Å². The van der Waals surface area contributed by atoms with Crippen LogP contribution < -0.4 is 16.4 Å². The van der Waals surface area contributed by atoms with Gasteiger partial charge in [0.1, 0.15) is 0 Å². The maximum atomic E-state index is 13.2. The summed E-state index contributed by atoms with van der Waals surface area (Å²) < 4.78 is 0. The fourth-order valence-corrected chi connectivity index (χ4v) is 4.55. The third-order valence-corrected chi connectivity index (χ3v) is 6.94. The molecular formula is C31H38N4O2. The van der Waals surface area contributed by atoms with Gasteiger partial charge in [0.2, 0.25) is 0 Å². The molecule has 0 radical (unpaired) electrons. The smallest absolute Gasteiger partial charge is 0.255 e. The maximum absolute atomic E-state index is 13.2. The summed E-state index contributed by atoms with van der Waals surface area (Å²) in [4.78, 5) is 28.5. The Morgan fingerprint density at radius 3 is 2.08 bits per heavy atom. The van der Waals surface area contributed by atoms with Gasteiger partial charge in [-0.2, -0.15) is 0 Å². The van der Waals surface area contributed by atoms with Crippen molar-refractivity contribution in [3.63, 3.8) is 0 Å².